The van der Waals surface area contributed by atoms with Gasteiger partial charge in [0, 0.05) is 38.8 Å². The van der Waals surface area contributed by atoms with Crippen molar-refractivity contribution in [2.75, 3.05) is 0 Å². The Labute approximate surface area is 137 Å². The molecule has 2 atom stereocenters. The Morgan fingerprint density at radius 3 is 2.30 bits per heavy atom. The minimum atomic E-state index is -4.53. The highest BCUT2D eigenvalue weighted by Crippen LogP contribution is 2.26. The SMILES string of the molecule is CCCC(C)(C)[S@@](=O)C(C)C/C=C\c1cnc(C(F)(F)F)nc1. The standard InChI is InChI=1S/C16H23F3N2OS/c1-5-9-15(3,4)23(22)12(2)7-6-8-13-10-20-14(21-11-13)16(17,18)19/h6,8,10-12H,5,7,9H2,1-4H3/b8-6-/t12?,23-/m0/s1. The van der Waals surface area contributed by atoms with Crippen LogP contribution in [0.1, 0.15) is 58.3 Å². The molecule has 0 bridgehead atoms. The first kappa shape index (κ1) is 19.8. The summed E-state index contributed by atoms with van der Waals surface area (Å²) in [6.45, 7) is 7.97. The van der Waals surface area contributed by atoms with Gasteiger partial charge in [0.05, 0.1) is 0 Å². The smallest absolute Gasteiger partial charge is 0.259 e. The molecule has 0 aliphatic heterocycles. The number of aromatic nitrogens is 2. The molecule has 1 aromatic rings. The highest BCUT2D eigenvalue weighted by molar-refractivity contribution is 7.87. The third kappa shape index (κ3) is 6.05. The van der Waals surface area contributed by atoms with E-state index < -0.39 is 22.8 Å². The van der Waals surface area contributed by atoms with Crippen LogP contribution in [0.25, 0.3) is 6.08 Å². The highest BCUT2D eigenvalue weighted by atomic mass is 32.2. The third-order valence-electron chi connectivity index (χ3n) is 3.47. The molecule has 1 unspecified atom stereocenters. The maximum atomic E-state index is 12.5. The van der Waals surface area contributed by atoms with Crippen molar-refractivity contribution in [3.05, 3.63) is 29.9 Å². The number of halogens is 3. The number of hydrogen-bond acceptors (Lipinski definition) is 3. The van der Waals surface area contributed by atoms with E-state index in [0.717, 1.165) is 25.2 Å². The summed E-state index contributed by atoms with van der Waals surface area (Å²) < 4.78 is 49.3. The molecule has 0 radical (unpaired) electrons. The zero-order valence-corrected chi connectivity index (χ0v) is 14.7. The summed E-state index contributed by atoms with van der Waals surface area (Å²) in [5, 5.41) is -0.0248. The van der Waals surface area contributed by atoms with Crippen LogP contribution in [-0.4, -0.2) is 24.2 Å². The van der Waals surface area contributed by atoms with E-state index in [1.165, 1.54) is 0 Å². The molecule has 0 aromatic carbocycles. The molecule has 0 fully saturated rings. The van der Waals surface area contributed by atoms with Crippen LogP contribution in [0.15, 0.2) is 18.5 Å². The largest absolute Gasteiger partial charge is 0.451 e. The van der Waals surface area contributed by atoms with E-state index in [4.69, 9.17) is 0 Å². The van der Waals surface area contributed by atoms with E-state index in [2.05, 4.69) is 16.9 Å². The molecule has 0 aliphatic rings. The second-order valence-electron chi connectivity index (χ2n) is 6.09. The summed E-state index contributed by atoms with van der Waals surface area (Å²) in [5.41, 5.74) is 0.490. The van der Waals surface area contributed by atoms with Crippen LogP contribution >= 0.6 is 0 Å². The van der Waals surface area contributed by atoms with Crippen LogP contribution in [0.4, 0.5) is 13.2 Å². The number of hydrogen-bond donors (Lipinski definition) is 0. The van der Waals surface area contributed by atoms with Crippen molar-refractivity contribution in [2.45, 2.75) is 63.1 Å². The van der Waals surface area contributed by atoms with Crippen LogP contribution in [0, 0.1) is 0 Å². The molecule has 0 aliphatic carbocycles. The lowest BCUT2D eigenvalue weighted by Gasteiger charge is -2.26. The zero-order chi connectivity index (χ0) is 17.7. The number of allylic oxidation sites excluding steroid dienone is 1. The van der Waals surface area contributed by atoms with Gasteiger partial charge in [0.1, 0.15) is 0 Å². The van der Waals surface area contributed by atoms with Crippen molar-refractivity contribution < 1.29 is 17.4 Å². The summed E-state index contributed by atoms with van der Waals surface area (Å²) in [4.78, 5) is 6.60. The van der Waals surface area contributed by atoms with Gasteiger partial charge in [0.2, 0.25) is 5.82 Å². The van der Waals surface area contributed by atoms with Gasteiger partial charge in [-0.15, -0.1) is 0 Å². The monoisotopic (exact) mass is 348 g/mol. The van der Waals surface area contributed by atoms with Crippen LogP contribution < -0.4 is 0 Å². The molecule has 0 amide bonds. The molecule has 1 aromatic heterocycles. The van der Waals surface area contributed by atoms with E-state index in [0.29, 0.717) is 12.0 Å². The van der Waals surface area contributed by atoms with E-state index in [9.17, 15) is 17.4 Å². The molecule has 0 spiro atoms. The summed E-state index contributed by atoms with van der Waals surface area (Å²) in [5.74, 6) is -1.15. The summed E-state index contributed by atoms with van der Waals surface area (Å²) in [6, 6.07) is 0. The quantitative estimate of drug-likeness (QED) is 0.722. The second kappa shape index (κ2) is 8.04. The Hall–Kier alpha value is -1.24. The lowest BCUT2D eigenvalue weighted by molar-refractivity contribution is -0.145. The van der Waals surface area contributed by atoms with Gasteiger partial charge in [-0.25, -0.2) is 9.97 Å². The molecule has 0 N–H and O–H groups in total. The minimum Gasteiger partial charge on any atom is -0.259 e. The van der Waals surface area contributed by atoms with E-state index in [1.54, 1.807) is 12.2 Å². The Kier molecular flexibility index (Phi) is 6.92. The molecule has 23 heavy (non-hydrogen) atoms. The van der Waals surface area contributed by atoms with Crippen LogP contribution in [0.3, 0.4) is 0 Å². The molecule has 7 heteroatoms. The molecule has 0 saturated heterocycles. The van der Waals surface area contributed by atoms with Crippen molar-refractivity contribution >= 4 is 16.9 Å². The first-order valence-corrected chi connectivity index (χ1v) is 8.75. The molecule has 0 saturated carbocycles. The Balaban J connectivity index is 2.64. The predicted octanol–water partition coefficient (Wildman–Crippen LogP) is 4.61. The number of rotatable bonds is 7. The number of nitrogens with zero attached hydrogens (tertiary/aromatic N) is 2. The first-order valence-electron chi connectivity index (χ1n) is 7.54. The van der Waals surface area contributed by atoms with Gasteiger partial charge < -0.3 is 0 Å². The van der Waals surface area contributed by atoms with Gasteiger partial charge in [0.15, 0.2) is 0 Å². The fourth-order valence-corrected chi connectivity index (χ4v) is 4.08. The summed E-state index contributed by atoms with van der Waals surface area (Å²) >= 11 is 0. The van der Waals surface area contributed by atoms with Gasteiger partial charge in [-0.1, -0.05) is 32.4 Å². The van der Waals surface area contributed by atoms with Crippen LogP contribution in [-0.2, 0) is 17.0 Å². The van der Waals surface area contributed by atoms with Crippen LogP contribution in [0.5, 0.6) is 0 Å². The maximum Gasteiger partial charge on any atom is 0.451 e. The highest BCUT2D eigenvalue weighted by Gasteiger charge is 2.34. The van der Waals surface area contributed by atoms with Gasteiger partial charge in [-0.2, -0.15) is 13.2 Å². The Morgan fingerprint density at radius 2 is 1.83 bits per heavy atom. The molecule has 3 nitrogen and oxygen atoms in total. The molecule has 130 valence electrons. The predicted molar refractivity (Wildman–Crippen MR) is 87.3 cm³/mol. The van der Waals surface area contributed by atoms with Gasteiger partial charge >= 0.3 is 6.18 Å². The molecule has 1 heterocycles. The van der Waals surface area contributed by atoms with Crippen LogP contribution in [0.2, 0.25) is 0 Å². The van der Waals surface area contributed by atoms with E-state index in [1.807, 2.05) is 20.8 Å². The lowest BCUT2D eigenvalue weighted by Crippen LogP contribution is -2.32. The number of alkyl halides is 3. The topological polar surface area (TPSA) is 42.9 Å². The summed E-state index contributed by atoms with van der Waals surface area (Å²) in [7, 11) is -0.980. The fraction of sp³-hybridized carbons (Fsp3) is 0.625. The Bertz CT molecular complexity index is 553. The first-order chi connectivity index (χ1) is 10.6. The van der Waals surface area contributed by atoms with Gasteiger partial charge in [0.25, 0.3) is 0 Å². The third-order valence-corrected chi connectivity index (χ3v) is 5.68. The lowest BCUT2D eigenvalue weighted by atomic mass is 10.1. The molecule has 1 rings (SSSR count). The van der Waals surface area contributed by atoms with Crippen molar-refractivity contribution in [2.24, 2.45) is 0 Å². The van der Waals surface area contributed by atoms with E-state index in [-0.39, 0.29) is 10.00 Å². The minimum absolute atomic E-state index is 0.0248. The fourth-order valence-electron chi connectivity index (χ4n) is 2.30. The molecular weight excluding hydrogens is 325 g/mol. The zero-order valence-electron chi connectivity index (χ0n) is 13.9. The maximum absolute atomic E-state index is 12.5. The summed E-state index contributed by atoms with van der Waals surface area (Å²) in [6.07, 6.45) is 3.64. The van der Waals surface area contributed by atoms with Crippen molar-refractivity contribution in [3.8, 4) is 0 Å². The normalized spacial score (nSPS) is 15.8. The van der Waals surface area contributed by atoms with Crippen molar-refractivity contribution in [1.82, 2.24) is 9.97 Å². The van der Waals surface area contributed by atoms with Gasteiger partial charge in [-0.05, 0) is 26.7 Å². The second-order valence-corrected chi connectivity index (χ2v) is 8.60. The average Bonchev–Trinajstić information content (AvgIpc) is 2.45. The van der Waals surface area contributed by atoms with Crippen molar-refractivity contribution in [3.63, 3.8) is 0 Å². The Morgan fingerprint density at radius 1 is 1.26 bits per heavy atom. The average molecular weight is 348 g/mol. The van der Waals surface area contributed by atoms with E-state index >= 15 is 0 Å². The molecular formula is C16H23F3N2OS. The van der Waals surface area contributed by atoms with Gasteiger partial charge in [-0.3, -0.25) is 4.21 Å². The van der Waals surface area contributed by atoms with Crippen molar-refractivity contribution in [1.29, 1.82) is 0 Å².